The van der Waals surface area contributed by atoms with Gasteiger partial charge >= 0.3 is 0 Å². The molecule has 0 radical (unpaired) electrons. The number of rotatable bonds is 7. The standard InChI is InChI=1S/C18H24N4S2/c1-4-11(2)13-9-14(21-10-16-20-7-8-23-16)18-17(22-13)12(3)15(24-18)5-6-19/h7-9,11H,4-6,10,19H2,1-3H3,(H,21,22). The number of thiazole rings is 1. The second-order valence-corrected chi connectivity index (χ2v) is 8.13. The maximum absolute atomic E-state index is 5.78. The number of nitrogens with one attached hydrogen (secondary N) is 1. The van der Waals surface area contributed by atoms with Crippen LogP contribution in [0.25, 0.3) is 10.2 Å². The van der Waals surface area contributed by atoms with Crippen LogP contribution in [0.4, 0.5) is 5.69 Å². The van der Waals surface area contributed by atoms with Gasteiger partial charge in [-0.15, -0.1) is 22.7 Å². The first-order valence-electron chi connectivity index (χ1n) is 8.39. The lowest BCUT2D eigenvalue weighted by molar-refractivity contribution is 0.712. The molecule has 0 amide bonds. The molecule has 4 nitrogen and oxygen atoms in total. The van der Waals surface area contributed by atoms with Crippen molar-refractivity contribution < 1.29 is 0 Å². The normalized spacial score (nSPS) is 12.7. The Bertz CT molecular complexity index is 808. The third-order valence-electron chi connectivity index (χ3n) is 4.39. The van der Waals surface area contributed by atoms with Crippen LogP contribution >= 0.6 is 22.7 Å². The average molecular weight is 361 g/mol. The van der Waals surface area contributed by atoms with Crippen molar-refractivity contribution in [1.29, 1.82) is 0 Å². The number of aryl methyl sites for hydroxylation is 1. The van der Waals surface area contributed by atoms with E-state index in [1.807, 2.05) is 22.9 Å². The topological polar surface area (TPSA) is 63.8 Å². The summed E-state index contributed by atoms with van der Waals surface area (Å²) in [7, 11) is 0. The van der Waals surface area contributed by atoms with E-state index in [4.69, 9.17) is 10.7 Å². The molecule has 128 valence electrons. The smallest absolute Gasteiger partial charge is 0.112 e. The highest BCUT2D eigenvalue weighted by molar-refractivity contribution is 7.19. The first-order valence-corrected chi connectivity index (χ1v) is 10.1. The second-order valence-electron chi connectivity index (χ2n) is 6.05. The quantitative estimate of drug-likeness (QED) is 0.642. The van der Waals surface area contributed by atoms with Gasteiger partial charge in [-0.1, -0.05) is 13.8 Å². The molecule has 0 saturated carbocycles. The van der Waals surface area contributed by atoms with Crippen molar-refractivity contribution in [2.45, 2.75) is 46.1 Å². The fourth-order valence-corrected chi connectivity index (χ4v) is 4.52. The van der Waals surface area contributed by atoms with E-state index in [1.165, 1.54) is 20.8 Å². The molecule has 3 heterocycles. The van der Waals surface area contributed by atoms with Crippen molar-refractivity contribution >= 4 is 38.6 Å². The van der Waals surface area contributed by atoms with E-state index in [0.29, 0.717) is 12.5 Å². The van der Waals surface area contributed by atoms with Gasteiger partial charge in [0.15, 0.2) is 0 Å². The van der Waals surface area contributed by atoms with E-state index >= 15 is 0 Å². The largest absolute Gasteiger partial charge is 0.377 e. The predicted molar refractivity (Wildman–Crippen MR) is 105 cm³/mol. The van der Waals surface area contributed by atoms with Gasteiger partial charge < -0.3 is 11.1 Å². The van der Waals surface area contributed by atoms with E-state index in [-0.39, 0.29) is 0 Å². The number of aromatic nitrogens is 2. The Kier molecular flexibility index (Phi) is 5.48. The summed E-state index contributed by atoms with van der Waals surface area (Å²) in [6, 6.07) is 2.21. The fraction of sp³-hybridized carbons (Fsp3) is 0.444. The SMILES string of the molecule is CCC(C)c1cc(NCc2nccs2)c2sc(CCN)c(C)c2n1. The number of anilines is 1. The lowest BCUT2D eigenvalue weighted by Crippen LogP contribution is -2.03. The highest BCUT2D eigenvalue weighted by Crippen LogP contribution is 2.37. The molecule has 0 spiro atoms. The summed E-state index contributed by atoms with van der Waals surface area (Å²) in [5.41, 5.74) is 10.5. The highest BCUT2D eigenvalue weighted by Gasteiger charge is 2.16. The zero-order chi connectivity index (χ0) is 17.1. The van der Waals surface area contributed by atoms with Gasteiger partial charge in [0.2, 0.25) is 0 Å². The van der Waals surface area contributed by atoms with E-state index < -0.39 is 0 Å². The number of nitrogens with zero attached hydrogens (tertiary/aromatic N) is 2. The molecule has 1 unspecified atom stereocenters. The first kappa shape index (κ1) is 17.3. The van der Waals surface area contributed by atoms with Crippen LogP contribution in [-0.2, 0) is 13.0 Å². The lowest BCUT2D eigenvalue weighted by atomic mass is 10.0. The Morgan fingerprint density at radius 1 is 1.38 bits per heavy atom. The minimum atomic E-state index is 0.451. The number of hydrogen-bond donors (Lipinski definition) is 2. The molecule has 0 bridgehead atoms. The number of fused-ring (bicyclic) bond motifs is 1. The second kappa shape index (κ2) is 7.59. The maximum Gasteiger partial charge on any atom is 0.112 e. The summed E-state index contributed by atoms with van der Waals surface area (Å²) in [4.78, 5) is 10.7. The molecule has 6 heteroatoms. The third-order valence-corrected chi connectivity index (χ3v) is 6.55. The fourth-order valence-electron chi connectivity index (χ4n) is 2.72. The van der Waals surface area contributed by atoms with Crippen molar-refractivity contribution in [3.8, 4) is 0 Å². The molecule has 0 aliphatic heterocycles. The molecule has 0 fully saturated rings. The number of thiophene rings is 1. The van der Waals surface area contributed by atoms with Crippen LogP contribution in [0.1, 0.15) is 47.3 Å². The molecule has 0 saturated heterocycles. The minimum Gasteiger partial charge on any atom is -0.377 e. The maximum atomic E-state index is 5.78. The number of pyridine rings is 1. The Balaban J connectivity index is 2.04. The highest BCUT2D eigenvalue weighted by atomic mass is 32.1. The van der Waals surface area contributed by atoms with E-state index in [0.717, 1.165) is 35.6 Å². The molecule has 0 aliphatic rings. The zero-order valence-electron chi connectivity index (χ0n) is 14.4. The molecular weight excluding hydrogens is 336 g/mol. The van der Waals surface area contributed by atoms with Gasteiger partial charge in [0.05, 0.1) is 22.4 Å². The summed E-state index contributed by atoms with van der Waals surface area (Å²) in [6.07, 6.45) is 3.85. The van der Waals surface area contributed by atoms with Crippen molar-refractivity contribution in [3.05, 3.63) is 38.8 Å². The van der Waals surface area contributed by atoms with Crippen LogP contribution in [0.3, 0.4) is 0 Å². The van der Waals surface area contributed by atoms with Crippen LogP contribution in [-0.4, -0.2) is 16.5 Å². The zero-order valence-corrected chi connectivity index (χ0v) is 16.1. The number of nitrogens with two attached hydrogens (primary N) is 1. The van der Waals surface area contributed by atoms with Crippen molar-refractivity contribution in [2.24, 2.45) is 5.73 Å². The van der Waals surface area contributed by atoms with Gasteiger partial charge in [0.1, 0.15) is 5.01 Å². The Morgan fingerprint density at radius 2 is 2.21 bits per heavy atom. The van der Waals surface area contributed by atoms with Gasteiger partial charge in [-0.2, -0.15) is 0 Å². The summed E-state index contributed by atoms with van der Waals surface area (Å²) in [5, 5.41) is 6.69. The third kappa shape index (κ3) is 3.45. The lowest BCUT2D eigenvalue weighted by Gasteiger charge is -2.12. The van der Waals surface area contributed by atoms with Crippen molar-refractivity contribution in [3.63, 3.8) is 0 Å². The molecule has 3 rings (SSSR count). The van der Waals surface area contributed by atoms with Gasteiger partial charge in [0, 0.05) is 22.1 Å². The summed E-state index contributed by atoms with van der Waals surface area (Å²) >= 11 is 3.49. The summed E-state index contributed by atoms with van der Waals surface area (Å²) < 4.78 is 1.24. The molecule has 3 N–H and O–H groups in total. The Labute approximate surface area is 151 Å². The van der Waals surface area contributed by atoms with Crippen molar-refractivity contribution in [2.75, 3.05) is 11.9 Å². The van der Waals surface area contributed by atoms with Gasteiger partial charge in [-0.3, -0.25) is 4.98 Å². The molecule has 3 aromatic rings. The monoisotopic (exact) mass is 360 g/mol. The molecule has 24 heavy (non-hydrogen) atoms. The molecule has 3 aromatic heterocycles. The Morgan fingerprint density at radius 3 is 2.88 bits per heavy atom. The van der Waals surface area contributed by atoms with Gasteiger partial charge in [0.25, 0.3) is 0 Å². The molecule has 1 atom stereocenters. The van der Waals surface area contributed by atoms with Gasteiger partial charge in [-0.25, -0.2) is 4.98 Å². The van der Waals surface area contributed by atoms with E-state index in [2.05, 4.69) is 37.1 Å². The average Bonchev–Trinajstić information content (AvgIpc) is 3.21. The Hall–Kier alpha value is -1.50. The van der Waals surface area contributed by atoms with Crippen LogP contribution < -0.4 is 11.1 Å². The predicted octanol–water partition coefficient (Wildman–Crippen LogP) is 4.69. The van der Waals surface area contributed by atoms with Crippen LogP contribution in [0.2, 0.25) is 0 Å². The van der Waals surface area contributed by atoms with E-state index in [1.54, 1.807) is 11.3 Å². The summed E-state index contributed by atoms with van der Waals surface area (Å²) in [6.45, 7) is 8.04. The first-order chi connectivity index (χ1) is 11.6. The van der Waals surface area contributed by atoms with Crippen molar-refractivity contribution in [1.82, 2.24) is 9.97 Å². The minimum absolute atomic E-state index is 0.451. The van der Waals surface area contributed by atoms with Crippen LogP contribution in [0.5, 0.6) is 0 Å². The molecule has 0 aliphatic carbocycles. The van der Waals surface area contributed by atoms with Crippen LogP contribution in [0.15, 0.2) is 17.6 Å². The number of hydrogen-bond acceptors (Lipinski definition) is 6. The van der Waals surface area contributed by atoms with E-state index in [9.17, 15) is 0 Å². The molecule has 0 aromatic carbocycles. The van der Waals surface area contributed by atoms with Crippen LogP contribution in [0, 0.1) is 6.92 Å². The van der Waals surface area contributed by atoms with Gasteiger partial charge in [-0.05, 0) is 43.9 Å². The summed E-state index contributed by atoms with van der Waals surface area (Å²) in [5.74, 6) is 0.451. The molecular formula is C18H24N4S2.